The lowest BCUT2D eigenvalue weighted by Crippen LogP contribution is -2.55. The highest BCUT2D eigenvalue weighted by Crippen LogP contribution is 2.37. The van der Waals surface area contributed by atoms with Crippen molar-refractivity contribution in [2.45, 2.75) is 83.7 Å². The fraction of sp³-hybridized carbons (Fsp3) is 0.750. The summed E-state index contributed by atoms with van der Waals surface area (Å²) in [5.41, 5.74) is 0.643. The van der Waals surface area contributed by atoms with Crippen molar-refractivity contribution in [2.75, 3.05) is 58.6 Å². The number of hydrogen-bond acceptors (Lipinski definition) is 5. The van der Waals surface area contributed by atoms with E-state index in [1.54, 1.807) is 6.92 Å². The van der Waals surface area contributed by atoms with E-state index >= 15 is 0 Å². The fourth-order valence-electron chi connectivity index (χ4n) is 7.24. The molecule has 0 radical (unpaired) electrons. The van der Waals surface area contributed by atoms with Crippen molar-refractivity contribution in [3.63, 3.8) is 0 Å². The summed E-state index contributed by atoms with van der Waals surface area (Å²) >= 11 is 0. The van der Waals surface area contributed by atoms with Crippen LogP contribution in [0.2, 0.25) is 0 Å². The summed E-state index contributed by atoms with van der Waals surface area (Å²) in [6, 6.07) is 3.93. The molecule has 0 aliphatic carbocycles. The second kappa shape index (κ2) is 15.3. The maximum absolute atomic E-state index is 14.2. The monoisotopic (exact) mass is 639 g/mol. The molecule has 1 atom stereocenters. The molecule has 0 spiro atoms. The maximum atomic E-state index is 14.2. The number of likely N-dealkylation sites (tertiary alicyclic amines) is 2. The van der Waals surface area contributed by atoms with Gasteiger partial charge in [0.15, 0.2) is 0 Å². The van der Waals surface area contributed by atoms with Crippen LogP contribution in [0.25, 0.3) is 0 Å². The molecule has 0 aromatic heterocycles. The van der Waals surface area contributed by atoms with Crippen LogP contribution in [0.5, 0.6) is 0 Å². The maximum Gasteiger partial charge on any atom is 0.317 e. The molecule has 3 amide bonds. The van der Waals surface area contributed by atoms with Crippen molar-refractivity contribution in [1.29, 1.82) is 0 Å². The number of nitrogens with zero attached hydrogens (tertiary/aromatic N) is 4. The van der Waals surface area contributed by atoms with Gasteiger partial charge in [-0.15, -0.1) is 0 Å². The Balaban J connectivity index is 1.34. The molecule has 0 unspecified atom stereocenters. The first-order chi connectivity index (χ1) is 20.8. The molecule has 248 valence electrons. The number of urea groups is 1. The van der Waals surface area contributed by atoms with Crippen LogP contribution in [0, 0.1) is 23.5 Å². The second-order valence-electron chi connectivity index (χ2n) is 13.4. The third-order valence-corrected chi connectivity index (χ3v) is 11.0. The number of hydrogen-bond donors (Lipinski definition) is 1. The van der Waals surface area contributed by atoms with Crippen molar-refractivity contribution >= 4 is 22.0 Å². The summed E-state index contributed by atoms with van der Waals surface area (Å²) < 4.78 is 54.1. The minimum Gasteiger partial charge on any atom is -0.343 e. The van der Waals surface area contributed by atoms with Crippen LogP contribution in [-0.2, 0) is 14.8 Å². The summed E-state index contributed by atoms with van der Waals surface area (Å²) in [6.45, 7) is 11.1. The zero-order valence-electron chi connectivity index (χ0n) is 26.8. The smallest absolute Gasteiger partial charge is 0.317 e. The van der Waals surface area contributed by atoms with E-state index in [-0.39, 0.29) is 35.9 Å². The Bertz CT molecular complexity index is 1200. The van der Waals surface area contributed by atoms with Gasteiger partial charge in [-0.2, -0.15) is 0 Å². The lowest BCUT2D eigenvalue weighted by Gasteiger charge is -2.41. The standard InChI is InChI=1S/C32H51F2N5O4S/c1-23(2)22-39(32(41)35-29-7-15-37(16-8-29)24(3)40)30-9-12-36(13-10-30)14-11-31(26-19-27(33)21-28(34)20-26)25-5-17-38(18-6-25)44(4,42)43/h19-21,23,25,29-31H,5-18,22H2,1-4H3,(H,35,41)/t31-/m1/s1. The second-order valence-corrected chi connectivity index (χ2v) is 15.4. The van der Waals surface area contributed by atoms with Crippen LogP contribution in [0.1, 0.15) is 77.2 Å². The topological polar surface area (TPSA) is 93.3 Å². The molecule has 3 heterocycles. The Kier molecular flexibility index (Phi) is 12.0. The first-order valence-electron chi connectivity index (χ1n) is 16.3. The number of sulfonamides is 1. The molecule has 3 aliphatic heterocycles. The number of amides is 3. The van der Waals surface area contributed by atoms with Gasteiger partial charge >= 0.3 is 6.03 Å². The van der Waals surface area contributed by atoms with E-state index in [9.17, 15) is 26.8 Å². The highest BCUT2D eigenvalue weighted by Gasteiger charge is 2.34. The molecular weight excluding hydrogens is 588 g/mol. The Morgan fingerprint density at radius 1 is 0.932 bits per heavy atom. The summed E-state index contributed by atoms with van der Waals surface area (Å²) in [7, 11) is -3.26. The number of carbonyl (C=O) groups is 2. The average Bonchev–Trinajstić information content (AvgIpc) is 2.96. The van der Waals surface area contributed by atoms with Gasteiger partial charge in [-0.3, -0.25) is 4.79 Å². The third kappa shape index (κ3) is 9.59. The highest BCUT2D eigenvalue weighted by molar-refractivity contribution is 7.88. The van der Waals surface area contributed by atoms with Gasteiger partial charge in [-0.25, -0.2) is 26.3 Å². The number of halogens is 2. The summed E-state index contributed by atoms with van der Waals surface area (Å²) in [4.78, 5) is 31.3. The Labute approximate surface area is 262 Å². The van der Waals surface area contributed by atoms with Gasteiger partial charge in [0, 0.05) is 70.9 Å². The number of carbonyl (C=O) groups excluding carboxylic acids is 2. The molecule has 9 nitrogen and oxygen atoms in total. The average molecular weight is 640 g/mol. The van der Waals surface area contributed by atoms with E-state index in [4.69, 9.17) is 0 Å². The highest BCUT2D eigenvalue weighted by atomic mass is 32.2. The lowest BCUT2D eigenvalue weighted by atomic mass is 9.78. The van der Waals surface area contributed by atoms with Gasteiger partial charge in [0.2, 0.25) is 15.9 Å². The van der Waals surface area contributed by atoms with Crippen LogP contribution in [0.4, 0.5) is 13.6 Å². The van der Waals surface area contributed by atoms with Gasteiger partial charge in [0.25, 0.3) is 0 Å². The number of nitrogens with one attached hydrogen (secondary N) is 1. The predicted molar refractivity (Wildman–Crippen MR) is 168 cm³/mol. The molecule has 1 aromatic rings. The van der Waals surface area contributed by atoms with Crippen LogP contribution in [0.15, 0.2) is 18.2 Å². The van der Waals surface area contributed by atoms with E-state index in [2.05, 4.69) is 24.1 Å². The first kappa shape index (κ1) is 34.6. The van der Waals surface area contributed by atoms with Crippen LogP contribution in [-0.4, -0.2) is 110 Å². The Morgan fingerprint density at radius 2 is 1.52 bits per heavy atom. The number of rotatable bonds is 10. The van der Waals surface area contributed by atoms with Crippen LogP contribution < -0.4 is 5.32 Å². The Morgan fingerprint density at radius 3 is 2.05 bits per heavy atom. The van der Waals surface area contributed by atoms with Crippen molar-refractivity contribution in [2.24, 2.45) is 11.8 Å². The van der Waals surface area contributed by atoms with Crippen LogP contribution in [0.3, 0.4) is 0 Å². The van der Waals surface area contributed by atoms with E-state index in [0.29, 0.717) is 57.0 Å². The van der Waals surface area contributed by atoms with Crippen LogP contribution >= 0.6 is 0 Å². The van der Waals surface area contributed by atoms with E-state index in [1.807, 2.05) is 9.80 Å². The van der Waals surface area contributed by atoms with Crippen molar-refractivity contribution in [1.82, 2.24) is 24.3 Å². The van der Waals surface area contributed by atoms with E-state index in [1.165, 1.54) is 22.7 Å². The molecule has 4 rings (SSSR count). The zero-order valence-corrected chi connectivity index (χ0v) is 27.6. The molecule has 44 heavy (non-hydrogen) atoms. The molecule has 0 saturated carbocycles. The molecule has 1 aromatic carbocycles. The summed E-state index contributed by atoms with van der Waals surface area (Å²) in [5.74, 6) is -0.703. The van der Waals surface area contributed by atoms with E-state index in [0.717, 1.165) is 57.8 Å². The summed E-state index contributed by atoms with van der Waals surface area (Å²) in [5, 5.41) is 3.24. The minimum absolute atomic E-state index is 0.0212. The molecule has 3 saturated heterocycles. The molecule has 1 N–H and O–H groups in total. The Hall–Kier alpha value is -2.31. The van der Waals surface area contributed by atoms with Crippen molar-refractivity contribution in [3.05, 3.63) is 35.4 Å². The largest absolute Gasteiger partial charge is 0.343 e. The predicted octanol–water partition coefficient (Wildman–Crippen LogP) is 4.25. The zero-order chi connectivity index (χ0) is 32.0. The SMILES string of the molecule is CC(=O)N1CCC(NC(=O)N(CC(C)C)C2CCN(CC[C@@H](c3cc(F)cc(F)c3)C3CCN(S(C)(=O)=O)CC3)CC2)CC1. The molecule has 3 fully saturated rings. The molecule has 12 heteroatoms. The molecule has 0 bridgehead atoms. The van der Waals surface area contributed by atoms with Gasteiger partial charge in [0.1, 0.15) is 11.6 Å². The first-order valence-corrected chi connectivity index (χ1v) is 18.1. The van der Waals surface area contributed by atoms with Crippen molar-refractivity contribution in [3.8, 4) is 0 Å². The minimum atomic E-state index is -3.26. The molecular formula is C32H51F2N5O4S. The third-order valence-electron chi connectivity index (χ3n) is 9.69. The van der Waals surface area contributed by atoms with Crippen molar-refractivity contribution < 1.29 is 26.8 Å². The molecule has 3 aliphatic rings. The van der Waals surface area contributed by atoms with Gasteiger partial charge in [-0.05, 0) is 86.9 Å². The summed E-state index contributed by atoms with van der Waals surface area (Å²) in [6.07, 6.45) is 6.51. The van der Waals surface area contributed by atoms with Gasteiger partial charge < -0.3 is 20.0 Å². The number of piperidine rings is 3. The van der Waals surface area contributed by atoms with E-state index < -0.39 is 21.7 Å². The van der Waals surface area contributed by atoms with Gasteiger partial charge in [0.05, 0.1) is 6.26 Å². The quantitative estimate of drug-likeness (QED) is 0.413. The lowest BCUT2D eigenvalue weighted by molar-refractivity contribution is -0.129. The van der Waals surface area contributed by atoms with Gasteiger partial charge in [-0.1, -0.05) is 13.8 Å². The normalized spacial score (nSPS) is 21.0. The fourth-order valence-corrected chi connectivity index (χ4v) is 8.11. The number of benzene rings is 1.